The highest BCUT2D eigenvalue weighted by atomic mass is 79.9. The van der Waals surface area contributed by atoms with E-state index in [-0.39, 0.29) is 5.82 Å². The van der Waals surface area contributed by atoms with E-state index in [0.717, 1.165) is 6.42 Å². The van der Waals surface area contributed by atoms with Crippen LogP contribution in [0.5, 0.6) is 0 Å². The van der Waals surface area contributed by atoms with E-state index in [4.69, 9.17) is 16.9 Å². The summed E-state index contributed by atoms with van der Waals surface area (Å²) < 4.78 is 13.5. The van der Waals surface area contributed by atoms with E-state index in [9.17, 15) is 4.39 Å². The number of anilines is 1. The summed E-state index contributed by atoms with van der Waals surface area (Å²) in [4.78, 5) is 0. The monoisotopic (exact) mass is 290 g/mol. The molecule has 1 aromatic carbocycles. The second kappa shape index (κ2) is 5.94. The summed E-state index contributed by atoms with van der Waals surface area (Å²) in [5.41, 5.74) is 0.663. The van der Waals surface area contributed by atoms with E-state index < -0.39 is 0 Å². The van der Waals surface area contributed by atoms with Gasteiger partial charge in [-0.25, -0.2) is 4.39 Å². The summed E-state index contributed by atoms with van der Waals surface area (Å²) in [6.07, 6.45) is 1.22. The number of hydrogen-bond donors (Lipinski definition) is 1. The molecule has 0 spiro atoms. The summed E-state index contributed by atoms with van der Waals surface area (Å²) in [5.74, 6) is -0.380. The standard InChI is InChI=1S/C10H9BrClFN2/c11-8-5-7(13)6-9(12)10(8)15-4-2-1-3-14/h5-6,15H,1-2,4H2. The average Bonchev–Trinajstić information content (AvgIpc) is 2.15. The fourth-order valence-corrected chi connectivity index (χ4v) is 2.05. The van der Waals surface area contributed by atoms with Gasteiger partial charge in [0.05, 0.1) is 16.8 Å². The SMILES string of the molecule is N#CCCCNc1c(Cl)cc(F)cc1Br. The van der Waals surface area contributed by atoms with Crippen molar-refractivity contribution in [3.8, 4) is 6.07 Å². The molecule has 5 heteroatoms. The fraction of sp³-hybridized carbons (Fsp3) is 0.300. The number of hydrogen-bond acceptors (Lipinski definition) is 2. The molecule has 1 N–H and O–H groups in total. The summed E-state index contributed by atoms with van der Waals surface area (Å²) in [6, 6.07) is 4.64. The summed E-state index contributed by atoms with van der Waals surface area (Å²) in [7, 11) is 0. The predicted molar refractivity (Wildman–Crippen MR) is 62.4 cm³/mol. The summed E-state index contributed by atoms with van der Waals surface area (Å²) >= 11 is 9.07. The molecule has 0 aliphatic carbocycles. The van der Waals surface area contributed by atoms with Gasteiger partial charge in [-0.05, 0) is 34.5 Å². The van der Waals surface area contributed by atoms with E-state index >= 15 is 0 Å². The van der Waals surface area contributed by atoms with E-state index in [1.807, 2.05) is 6.07 Å². The van der Waals surface area contributed by atoms with Crippen LogP contribution in [-0.2, 0) is 0 Å². The molecule has 0 amide bonds. The first-order valence-electron chi connectivity index (χ1n) is 4.40. The first-order chi connectivity index (χ1) is 7.15. The van der Waals surface area contributed by atoms with Crippen LogP contribution in [-0.4, -0.2) is 6.54 Å². The average molecular weight is 292 g/mol. The van der Waals surface area contributed by atoms with E-state index in [2.05, 4.69) is 21.2 Å². The summed E-state index contributed by atoms with van der Waals surface area (Å²) in [6.45, 7) is 0.636. The van der Waals surface area contributed by atoms with Crippen LogP contribution in [0, 0.1) is 17.1 Å². The Morgan fingerprint density at radius 1 is 1.53 bits per heavy atom. The molecule has 0 saturated heterocycles. The lowest BCUT2D eigenvalue weighted by molar-refractivity contribution is 0.627. The molecule has 0 heterocycles. The molecule has 1 rings (SSSR count). The zero-order valence-electron chi connectivity index (χ0n) is 7.86. The van der Waals surface area contributed by atoms with Crippen molar-refractivity contribution in [3.63, 3.8) is 0 Å². The van der Waals surface area contributed by atoms with Crippen LogP contribution in [0.3, 0.4) is 0 Å². The van der Waals surface area contributed by atoms with Gasteiger partial charge >= 0.3 is 0 Å². The minimum atomic E-state index is -0.380. The van der Waals surface area contributed by atoms with Crippen molar-refractivity contribution >= 4 is 33.2 Å². The Morgan fingerprint density at radius 2 is 2.27 bits per heavy atom. The molecule has 15 heavy (non-hydrogen) atoms. The Bertz CT molecular complexity index is 366. The van der Waals surface area contributed by atoms with Crippen LogP contribution in [0.25, 0.3) is 0 Å². The van der Waals surface area contributed by atoms with Crippen molar-refractivity contribution in [2.75, 3.05) is 11.9 Å². The third-order valence-corrected chi connectivity index (χ3v) is 2.70. The Morgan fingerprint density at radius 3 is 2.87 bits per heavy atom. The zero-order chi connectivity index (χ0) is 11.3. The fourth-order valence-electron chi connectivity index (χ4n) is 1.09. The first-order valence-corrected chi connectivity index (χ1v) is 5.57. The number of nitriles is 1. The molecule has 0 bridgehead atoms. The van der Waals surface area contributed by atoms with Crippen LogP contribution in [0.4, 0.5) is 10.1 Å². The Balaban J connectivity index is 2.65. The van der Waals surface area contributed by atoms with Crippen molar-refractivity contribution in [1.29, 1.82) is 5.26 Å². The van der Waals surface area contributed by atoms with E-state index in [1.54, 1.807) is 0 Å². The maximum Gasteiger partial charge on any atom is 0.125 e. The molecule has 1 aromatic rings. The molecule has 0 aliphatic rings. The molecular weight excluding hydrogens is 282 g/mol. The smallest absolute Gasteiger partial charge is 0.125 e. The largest absolute Gasteiger partial charge is 0.383 e. The maximum atomic E-state index is 12.9. The van der Waals surface area contributed by atoms with E-state index in [0.29, 0.717) is 28.1 Å². The molecule has 0 aliphatic heterocycles. The molecule has 0 atom stereocenters. The van der Waals surface area contributed by atoms with Gasteiger partial charge in [0.1, 0.15) is 5.82 Å². The topological polar surface area (TPSA) is 35.8 Å². The van der Waals surface area contributed by atoms with Gasteiger partial charge in [0.25, 0.3) is 0 Å². The third-order valence-electron chi connectivity index (χ3n) is 1.77. The highest BCUT2D eigenvalue weighted by Gasteiger charge is 2.06. The molecular formula is C10H9BrClFN2. The van der Waals surface area contributed by atoms with Gasteiger partial charge in [0, 0.05) is 17.4 Å². The van der Waals surface area contributed by atoms with Crippen molar-refractivity contribution in [1.82, 2.24) is 0 Å². The highest BCUT2D eigenvalue weighted by molar-refractivity contribution is 9.10. The number of benzene rings is 1. The van der Waals surface area contributed by atoms with E-state index in [1.165, 1.54) is 12.1 Å². The van der Waals surface area contributed by atoms with Gasteiger partial charge in [-0.1, -0.05) is 11.6 Å². The summed E-state index contributed by atoms with van der Waals surface area (Å²) in [5, 5.41) is 11.7. The lowest BCUT2D eigenvalue weighted by Crippen LogP contribution is -2.02. The van der Waals surface area contributed by atoms with Crippen molar-refractivity contribution in [2.24, 2.45) is 0 Å². The van der Waals surface area contributed by atoms with Crippen molar-refractivity contribution in [2.45, 2.75) is 12.8 Å². The lowest BCUT2D eigenvalue weighted by Gasteiger charge is -2.09. The number of rotatable bonds is 4. The lowest BCUT2D eigenvalue weighted by atomic mass is 10.3. The van der Waals surface area contributed by atoms with Crippen molar-refractivity contribution in [3.05, 3.63) is 27.4 Å². The van der Waals surface area contributed by atoms with Gasteiger partial charge in [-0.2, -0.15) is 5.26 Å². The molecule has 80 valence electrons. The number of halogens is 3. The van der Waals surface area contributed by atoms with Crippen molar-refractivity contribution < 1.29 is 4.39 Å². The van der Waals surface area contributed by atoms with Crippen LogP contribution in [0.2, 0.25) is 5.02 Å². The quantitative estimate of drug-likeness (QED) is 0.852. The second-order valence-corrected chi connectivity index (χ2v) is 4.19. The third kappa shape index (κ3) is 3.69. The van der Waals surface area contributed by atoms with Crippen LogP contribution in [0.1, 0.15) is 12.8 Å². The Labute approximate surface area is 101 Å². The molecule has 0 aromatic heterocycles. The molecule has 2 nitrogen and oxygen atoms in total. The Hall–Kier alpha value is -0.790. The van der Waals surface area contributed by atoms with Gasteiger partial charge in [-0.3, -0.25) is 0 Å². The van der Waals surface area contributed by atoms with Gasteiger partial charge in [0.2, 0.25) is 0 Å². The van der Waals surface area contributed by atoms with Gasteiger partial charge < -0.3 is 5.32 Å². The molecule has 0 unspecified atom stereocenters. The molecule has 0 radical (unpaired) electrons. The maximum absolute atomic E-state index is 12.9. The predicted octanol–water partition coefficient (Wildman–Crippen LogP) is 3.96. The van der Waals surface area contributed by atoms with Crippen LogP contribution in [0.15, 0.2) is 16.6 Å². The number of nitrogens with zero attached hydrogens (tertiary/aromatic N) is 1. The number of unbranched alkanes of at least 4 members (excludes halogenated alkanes) is 1. The van der Waals surface area contributed by atoms with Crippen LogP contribution < -0.4 is 5.32 Å². The van der Waals surface area contributed by atoms with Crippen LogP contribution >= 0.6 is 27.5 Å². The second-order valence-electron chi connectivity index (χ2n) is 2.93. The minimum Gasteiger partial charge on any atom is -0.383 e. The minimum absolute atomic E-state index is 0.332. The van der Waals surface area contributed by atoms with Gasteiger partial charge in [0.15, 0.2) is 0 Å². The first kappa shape index (κ1) is 12.3. The normalized spacial score (nSPS) is 9.73. The molecule has 0 fully saturated rings. The number of nitrogens with one attached hydrogen (secondary N) is 1. The van der Waals surface area contributed by atoms with Gasteiger partial charge in [-0.15, -0.1) is 0 Å². The zero-order valence-corrected chi connectivity index (χ0v) is 10.2. The molecule has 0 saturated carbocycles. The highest BCUT2D eigenvalue weighted by Crippen LogP contribution is 2.31. The Kier molecular flexibility index (Phi) is 4.86.